The number of hydrogen-bond acceptors (Lipinski definition) is 3. The van der Waals surface area contributed by atoms with Crippen molar-refractivity contribution in [2.24, 2.45) is 0 Å². The maximum absolute atomic E-state index is 10.9. The van der Waals surface area contributed by atoms with Gasteiger partial charge in [0, 0.05) is 7.11 Å². The second-order valence-corrected chi connectivity index (χ2v) is 6.00. The number of ether oxygens (including phenoxy) is 2. The molecule has 2 rings (SSSR count). The standard InChI is InChI=1S/C19H23NO4/c1-19(2,20-18(21)22)16-9-7-14(8-10-16)15-5-4-6-17(13-15)24-12-11-23-3/h4-10,13,20H,11-12H2,1-3H3,(H,21,22). The lowest BCUT2D eigenvalue weighted by Gasteiger charge is -2.25. The lowest BCUT2D eigenvalue weighted by atomic mass is 9.92. The minimum Gasteiger partial charge on any atom is -0.491 e. The maximum Gasteiger partial charge on any atom is 0.405 e. The summed E-state index contributed by atoms with van der Waals surface area (Å²) in [5, 5.41) is 11.4. The first-order valence-corrected chi connectivity index (χ1v) is 7.76. The molecule has 0 aliphatic carbocycles. The van der Waals surface area contributed by atoms with Gasteiger partial charge < -0.3 is 19.9 Å². The van der Waals surface area contributed by atoms with E-state index in [0.717, 1.165) is 22.4 Å². The Morgan fingerprint density at radius 2 is 1.79 bits per heavy atom. The molecule has 0 aliphatic heterocycles. The number of carboxylic acid groups (broad SMARTS) is 1. The zero-order valence-electron chi connectivity index (χ0n) is 14.2. The van der Waals surface area contributed by atoms with Gasteiger partial charge >= 0.3 is 6.09 Å². The SMILES string of the molecule is COCCOc1cccc(-c2ccc(C(C)(C)NC(=O)O)cc2)c1. The van der Waals surface area contributed by atoms with Crippen molar-refractivity contribution in [2.45, 2.75) is 19.4 Å². The zero-order valence-corrected chi connectivity index (χ0v) is 14.2. The molecule has 1 amide bonds. The summed E-state index contributed by atoms with van der Waals surface area (Å²) in [5.74, 6) is 0.793. The second-order valence-electron chi connectivity index (χ2n) is 6.00. The fourth-order valence-electron chi connectivity index (χ4n) is 2.43. The maximum atomic E-state index is 10.9. The molecule has 5 nitrogen and oxygen atoms in total. The van der Waals surface area contributed by atoms with Crippen LogP contribution in [0.25, 0.3) is 11.1 Å². The molecule has 0 spiro atoms. The average molecular weight is 329 g/mol. The number of amides is 1. The van der Waals surface area contributed by atoms with Crippen LogP contribution in [-0.4, -0.2) is 31.5 Å². The Hall–Kier alpha value is -2.53. The van der Waals surface area contributed by atoms with Crippen LogP contribution in [0.5, 0.6) is 5.75 Å². The van der Waals surface area contributed by atoms with Gasteiger partial charge in [0.05, 0.1) is 12.1 Å². The van der Waals surface area contributed by atoms with Crippen LogP contribution in [0.4, 0.5) is 4.79 Å². The van der Waals surface area contributed by atoms with Gasteiger partial charge in [-0.15, -0.1) is 0 Å². The molecule has 0 radical (unpaired) electrons. The first kappa shape index (κ1) is 17.8. The first-order chi connectivity index (χ1) is 11.4. The Balaban J connectivity index is 2.16. The lowest BCUT2D eigenvalue weighted by molar-refractivity contribution is 0.146. The summed E-state index contributed by atoms with van der Waals surface area (Å²) in [6.45, 7) is 4.72. The van der Waals surface area contributed by atoms with Gasteiger partial charge in [0.25, 0.3) is 0 Å². The van der Waals surface area contributed by atoms with Crippen LogP contribution < -0.4 is 10.1 Å². The summed E-state index contributed by atoms with van der Waals surface area (Å²) >= 11 is 0. The Bertz CT molecular complexity index is 680. The summed E-state index contributed by atoms with van der Waals surface area (Å²) in [4.78, 5) is 10.9. The highest BCUT2D eigenvalue weighted by Gasteiger charge is 2.22. The molecule has 0 unspecified atom stereocenters. The van der Waals surface area contributed by atoms with Crippen molar-refractivity contribution in [2.75, 3.05) is 20.3 Å². The predicted molar refractivity (Wildman–Crippen MR) is 93.4 cm³/mol. The smallest absolute Gasteiger partial charge is 0.405 e. The van der Waals surface area contributed by atoms with Crippen LogP contribution in [0.2, 0.25) is 0 Å². The molecule has 0 heterocycles. The predicted octanol–water partition coefficient (Wildman–Crippen LogP) is 3.88. The highest BCUT2D eigenvalue weighted by atomic mass is 16.5. The number of hydrogen-bond donors (Lipinski definition) is 2. The van der Waals surface area contributed by atoms with E-state index < -0.39 is 11.6 Å². The molecular weight excluding hydrogens is 306 g/mol. The Kier molecular flexibility index (Phi) is 5.82. The normalized spacial score (nSPS) is 11.1. The molecule has 2 aromatic carbocycles. The van der Waals surface area contributed by atoms with E-state index >= 15 is 0 Å². The third-order valence-corrected chi connectivity index (χ3v) is 3.75. The minimum atomic E-state index is -1.04. The van der Waals surface area contributed by atoms with Crippen molar-refractivity contribution >= 4 is 6.09 Å². The molecule has 0 saturated heterocycles. The topological polar surface area (TPSA) is 67.8 Å². The second kappa shape index (κ2) is 7.84. The summed E-state index contributed by atoms with van der Waals surface area (Å²) in [6, 6.07) is 15.7. The number of carbonyl (C=O) groups is 1. The van der Waals surface area contributed by atoms with Gasteiger partial charge in [0.1, 0.15) is 12.4 Å². The fourth-order valence-corrected chi connectivity index (χ4v) is 2.43. The number of methoxy groups -OCH3 is 1. The quantitative estimate of drug-likeness (QED) is 0.757. The Morgan fingerprint density at radius 1 is 1.08 bits per heavy atom. The molecule has 0 bridgehead atoms. The molecular formula is C19H23NO4. The molecule has 0 aliphatic rings. The van der Waals surface area contributed by atoms with Crippen molar-refractivity contribution < 1.29 is 19.4 Å². The van der Waals surface area contributed by atoms with Gasteiger partial charge in [-0.1, -0.05) is 36.4 Å². The van der Waals surface area contributed by atoms with E-state index in [0.29, 0.717) is 13.2 Å². The molecule has 0 atom stereocenters. The number of benzene rings is 2. The van der Waals surface area contributed by atoms with E-state index in [4.69, 9.17) is 14.6 Å². The molecule has 2 N–H and O–H groups in total. The first-order valence-electron chi connectivity index (χ1n) is 7.76. The van der Waals surface area contributed by atoms with Crippen molar-refractivity contribution in [3.8, 4) is 16.9 Å². The summed E-state index contributed by atoms with van der Waals surface area (Å²) in [5.41, 5.74) is 2.35. The zero-order chi connectivity index (χ0) is 17.6. The third kappa shape index (κ3) is 4.73. The Labute approximate surface area is 142 Å². The monoisotopic (exact) mass is 329 g/mol. The van der Waals surface area contributed by atoms with E-state index in [1.54, 1.807) is 7.11 Å². The number of nitrogens with one attached hydrogen (secondary N) is 1. The third-order valence-electron chi connectivity index (χ3n) is 3.75. The van der Waals surface area contributed by atoms with E-state index in [1.165, 1.54) is 0 Å². The van der Waals surface area contributed by atoms with E-state index in [1.807, 2.05) is 62.4 Å². The van der Waals surface area contributed by atoms with E-state index in [-0.39, 0.29) is 0 Å². The van der Waals surface area contributed by atoms with E-state index in [2.05, 4.69) is 5.32 Å². The fraction of sp³-hybridized carbons (Fsp3) is 0.316. The highest BCUT2D eigenvalue weighted by molar-refractivity contribution is 5.67. The van der Waals surface area contributed by atoms with Gasteiger partial charge in [-0.2, -0.15) is 0 Å². The van der Waals surface area contributed by atoms with Crippen LogP contribution in [-0.2, 0) is 10.3 Å². The Morgan fingerprint density at radius 3 is 2.42 bits per heavy atom. The van der Waals surface area contributed by atoms with Crippen LogP contribution in [0, 0.1) is 0 Å². The van der Waals surface area contributed by atoms with E-state index in [9.17, 15) is 4.79 Å². The van der Waals surface area contributed by atoms with Crippen LogP contribution in [0.3, 0.4) is 0 Å². The molecule has 5 heteroatoms. The number of rotatable bonds is 7. The van der Waals surface area contributed by atoms with Gasteiger partial charge in [-0.05, 0) is 42.7 Å². The summed E-state index contributed by atoms with van der Waals surface area (Å²) in [7, 11) is 1.64. The van der Waals surface area contributed by atoms with Crippen molar-refractivity contribution in [3.05, 3.63) is 54.1 Å². The van der Waals surface area contributed by atoms with Crippen molar-refractivity contribution in [1.29, 1.82) is 0 Å². The summed E-state index contributed by atoms with van der Waals surface area (Å²) < 4.78 is 10.6. The lowest BCUT2D eigenvalue weighted by Crippen LogP contribution is -2.39. The van der Waals surface area contributed by atoms with Crippen molar-refractivity contribution in [3.63, 3.8) is 0 Å². The molecule has 128 valence electrons. The van der Waals surface area contributed by atoms with Crippen LogP contribution in [0.15, 0.2) is 48.5 Å². The average Bonchev–Trinajstić information content (AvgIpc) is 2.54. The molecule has 24 heavy (non-hydrogen) atoms. The molecule has 0 aromatic heterocycles. The minimum absolute atomic E-state index is 0.508. The van der Waals surface area contributed by atoms with Gasteiger partial charge in [0.2, 0.25) is 0 Å². The van der Waals surface area contributed by atoms with Crippen LogP contribution >= 0.6 is 0 Å². The largest absolute Gasteiger partial charge is 0.491 e. The molecule has 0 saturated carbocycles. The van der Waals surface area contributed by atoms with Gasteiger partial charge in [-0.25, -0.2) is 4.79 Å². The van der Waals surface area contributed by atoms with Crippen molar-refractivity contribution in [1.82, 2.24) is 5.32 Å². The molecule has 2 aromatic rings. The summed E-state index contributed by atoms with van der Waals surface area (Å²) in [6.07, 6.45) is -1.04. The van der Waals surface area contributed by atoms with Crippen LogP contribution in [0.1, 0.15) is 19.4 Å². The van der Waals surface area contributed by atoms with Gasteiger partial charge in [-0.3, -0.25) is 0 Å². The molecule has 0 fully saturated rings. The van der Waals surface area contributed by atoms with Gasteiger partial charge in [0.15, 0.2) is 0 Å². The highest BCUT2D eigenvalue weighted by Crippen LogP contribution is 2.27.